The number of aromatic nitrogens is 1. The van der Waals surface area contributed by atoms with E-state index in [2.05, 4.69) is 39.1 Å². The van der Waals surface area contributed by atoms with Crippen molar-refractivity contribution in [3.8, 4) is 0 Å². The summed E-state index contributed by atoms with van der Waals surface area (Å²) in [6.45, 7) is 0. The first kappa shape index (κ1) is 11.5. The van der Waals surface area contributed by atoms with Gasteiger partial charge in [0.2, 0.25) is 0 Å². The first-order chi connectivity index (χ1) is 8.83. The monoisotopic (exact) mass is 301 g/mol. The second kappa shape index (κ2) is 4.94. The second-order valence-electron chi connectivity index (χ2n) is 4.18. The molecule has 1 unspecified atom stereocenters. The van der Waals surface area contributed by atoms with Crippen LogP contribution in [0.5, 0.6) is 0 Å². The van der Waals surface area contributed by atoms with Gasteiger partial charge in [0.15, 0.2) is 0 Å². The summed E-state index contributed by atoms with van der Waals surface area (Å²) in [5.74, 6) is 0.935. The summed E-state index contributed by atoms with van der Waals surface area (Å²) in [7, 11) is 0. The number of pyridine rings is 1. The summed E-state index contributed by atoms with van der Waals surface area (Å²) in [6, 6.07) is 16.2. The van der Waals surface area contributed by atoms with Gasteiger partial charge in [-0.2, -0.15) is 0 Å². The number of fused-ring (bicyclic) bond motifs is 1. The minimum Gasteiger partial charge on any atom is -0.468 e. The smallest absolute Gasteiger partial charge is 0.117 e. The Morgan fingerprint density at radius 1 is 1.06 bits per heavy atom. The molecular weight excluding hydrogens is 290 g/mol. The highest BCUT2D eigenvalue weighted by atomic mass is 79.9. The second-order valence-corrected chi connectivity index (χ2v) is 5.29. The van der Waals surface area contributed by atoms with Gasteiger partial charge in [0.1, 0.15) is 5.76 Å². The maximum Gasteiger partial charge on any atom is 0.117 e. The van der Waals surface area contributed by atoms with E-state index < -0.39 is 0 Å². The molecule has 2 heterocycles. The molecule has 0 bridgehead atoms. The molecule has 1 atom stereocenters. The summed E-state index contributed by atoms with van der Waals surface area (Å²) >= 11 is 3.63. The van der Waals surface area contributed by atoms with Crippen LogP contribution in [0.15, 0.2) is 59.2 Å². The van der Waals surface area contributed by atoms with Gasteiger partial charge in [-0.15, -0.1) is 0 Å². The van der Waals surface area contributed by atoms with Crippen molar-refractivity contribution in [1.82, 2.24) is 4.98 Å². The third kappa shape index (κ3) is 2.31. The fourth-order valence-corrected chi connectivity index (χ4v) is 2.57. The molecule has 0 spiro atoms. The Bertz CT molecular complexity index is 648. The van der Waals surface area contributed by atoms with Crippen LogP contribution >= 0.6 is 15.9 Å². The standard InChI is InChI=1S/C15H12BrNO/c16-13(15-6-3-9-18-15)10-12-8-7-11-4-1-2-5-14(11)17-12/h1-9,13H,10H2. The molecule has 2 aromatic heterocycles. The van der Waals surface area contributed by atoms with Crippen molar-refractivity contribution in [2.45, 2.75) is 11.2 Å². The van der Waals surface area contributed by atoms with Crippen molar-refractivity contribution >= 4 is 26.8 Å². The maximum absolute atomic E-state index is 5.38. The van der Waals surface area contributed by atoms with Gasteiger partial charge in [0, 0.05) is 17.5 Å². The van der Waals surface area contributed by atoms with Crippen LogP contribution in [0.4, 0.5) is 0 Å². The van der Waals surface area contributed by atoms with E-state index in [0.29, 0.717) is 0 Å². The van der Waals surface area contributed by atoms with E-state index in [-0.39, 0.29) is 4.83 Å². The van der Waals surface area contributed by atoms with Crippen LogP contribution < -0.4 is 0 Å². The van der Waals surface area contributed by atoms with Crippen molar-refractivity contribution in [1.29, 1.82) is 0 Å². The van der Waals surface area contributed by atoms with Crippen LogP contribution in [0.2, 0.25) is 0 Å². The lowest BCUT2D eigenvalue weighted by molar-refractivity contribution is 0.506. The lowest BCUT2D eigenvalue weighted by Gasteiger charge is -2.07. The van der Waals surface area contributed by atoms with Crippen molar-refractivity contribution in [2.24, 2.45) is 0 Å². The van der Waals surface area contributed by atoms with Crippen LogP contribution in [-0.2, 0) is 6.42 Å². The summed E-state index contributed by atoms with van der Waals surface area (Å²) in [4.78, 5) is 4.82. The molecule has 1 aromatic carbocycles. The third-order valence-corrected chi connectivity index (χ3v) is 3.67. The molecule has 3 heteroatoms. The fraction of sp³-hybridized carbons (Fsp3) is 0.133. The molecule has 0 saturated heterocycles. The molecule has 0 N–H and O–H groups in total. The average Bonchev–Trinajstić information content (AvgIpc) is 2.92. The SMILES string of the molecule is BrC(Cc1ccc2ccccc2n1)c1ccco1. The van der Waals surface area contributed by atoms with Crippen LogP contribution in [0.3, 0.4) is 0 Å². The van der Waals surface area contributed by atoms with Crippen LogP contribution in [0, 0.1) is 0 Å². The molecule has 18 heavy (non-hydrogen) atoms. The number of alkyl halides is 1. The average molecular weight is 302 g/mol. The molecule has 0 aliphatic heterocycles. The first-order valence-electron chi connectivity index (χ1n) is 5.85. The highest BCUT2D eigenvalue weighted by molar-refractivity contribution is 9.09. The van der Waals surface area contributed by atoms with Crippen molar-refractivity contribution in [3.63, 3.8) is 0 Å². The van der Waals surface area contributed by atoms with E-state index in [1.807, 2.05) is 30.3 Å². The van der Waals surface area contributed by atoms with Gasteiger partial charge in [-0.05, 0) is 24.3 Å². The highest BCUT2D eigenvalue weighted by Gasteiger charge is 2.12. The molecule has 0 aliphatic carbocycles. The Balaban J connectivity index is 1.86. The van der Waals surface area contributed by atoms with Crippen LogP contribution in [-0.4, -0.2) is 4.98 Å². The lowest BCUT2D eigenvalue weighted by atomic mass is 10.1. The normalized spacial score (nSPS) is 12.7. The van der Waals surface area contributed by atoms with Gasteiger partial charge < -0.3 is 4.42 Å². The predicted octanol–water partition coefficient (Wildman–Crippen LogP) is 4.51. The van der Waals surface area contributed by atoms with Gasteiger partial charge in [-0.3, -0.25) is 4.98 Å². The van der Waals surface area contributed by atoms with Gasteiger partial charge in [0.25, 0.3) is 0 Å². The van der Waals surface area contributed by atoms with Gasteiger partial charge in [-0.1, -0.05) is 40.2 Å². The fourth-order valence-electron chi connectivity index (χ4n) is 1.98. The summed E-state index contributed by atoms with van der Waals surface area (Å²) in [6.07, 6.45) is 2.51. The third-order valence-electron chi connectivity index (χ3n) is 2.90. The minimum atomic E-state index is 0.168. The zero-order chi connectivity index (χ0) is 12.4. The number of nitrogens with zero attached hydrogens (tertiary/aromatic N) is 1. The Morgan fingerprint density at radius 3 is 2.78 bits per heavy atom. The number of furan rings is 1. The molecule has 2 nitrogen and oxygen atoms in total. The highest BCUT2D eigenvalue weighted by Crippen LogP contribution is 2.27. The van der Waals surface area contributed by atoms with E-state index in [0.717, 1.165) is 23.4 Å². The van der Waals surface area contributed by atoms with Crippen LogP contribution in [0.1, 0.15) is 16.3 Å². The zero-order valence-electron chi connectivity index (χ0n) is 9.71. The lowest BCUT2D eigenvalue weighted by Crippen LogP contribution is -1.96. The Hall–Kier alpha value is -1.61. The Labute approximate surface area is 114 Å². The number of rotatable bonds is 3. The van der Waals surface area contributed by atoms with E-state index in [1.165, 1.54) is 5.39 Å². The Kier molecular flexibility index (Phi) is 3.15. The first-order valence-corrected chi connectivity index (χ1v) is 6.76. The largest absolute Gasteiger partial charge is 0.468 e. The van der Waals surface area contributed by atoms with E-state index >= 15 is 0 Å². The summed E-state index contributed by atoms with van der Waals surface area (Å²) < 4.78 is 5.38. The topological polar surface area (TPSA) is 26.0 Å². The molecule has 0 fully saturated rings. The molecule has 3 aromatic rings. The minimum absolute atomic E-state index is 0.168. The van der Waals surface area contributed by atoms with E-state index in [9.17, 15) is 0 Å². The van der Waals surface area contributed by atoms with Gasteiger partial charge >= 0.3 is 0 Å². The zero-order valence-corrected chi connectivity index (χ0v) is 11.3. The number of halogens is 1. The maximum atomic E-state index is 5.38. The van der Waals surface area contributed by atoms with Crippen LogP contribution in [0.25, 0.3) is 10.9 Å². The molecule has 0 amide bonds. The number of hydrogen-bond donors (Lipinski definition) is 0. The molecule has 0 radical (unpaired) electrons. The van der Waals surface area contributed by atoms with E-state index in [1.54, 1.807) is 6.26 Å². The van der Waals surface area contributed by atoms with Gasteiger partial charge in [-0.25, -0.2) is 0 Å². The predicted molar refractivity (Wildman–Crippen MR) is 75.8 cm³/mol. The molecule has 90 valence electrons. The van der Waals surface area contributed by atoms with Gasteiger partial charge in [0.05, 0.1) is 16.6 Å². The summed E-state index contributed by atoms with van der Waals surface area (Å²) in [5, 5.41) is 1.17. The van der Waals surface area contributed by atoms with Crippen molar-refractivity contribution in [3.05, 3.63) is 66.2 Å². The molecule has 0 aliphatic rings. The number of benzene rings is 1. The number of para-hydroxylation sites is 1. The van der Waals surface area contributed by atoms with Crippen molar-refractivity contribution in [2.75, 3.05) is 0 Å². The van der Waals surface area contributed by atoms with E-state index in [4.69, 9.17) is 4.42 Å². The molecular formula is C15H12BrNO. The van der Waals surface area contributed by atoms with Crippen molar-refractivity contribution < 1.29 is 4.42 Å². The quantitative estimate of drug-likeness (QED) is 0.665. The number of hydrogen-bond acceptors (Lipinski definition) is 2. The molecule has 0 saturated carbocycles. The summed E-state index contributed by atoms with van der Waals surface area (Å²) in [5.41, 5.74) is 2.10. The Morgan fingerprint density at radius 2 is 1.94 bits per heavy atom. The molecule has 3 rings (SSSR count).